The summed E-state index contributed by atoms with van der Waals surface area (Å²) in [7, 11) is 0. The topological polar surface area (TPSA) is 30.0 Å². The highest BCUT2D eigenvalue weighted by Gasteiger charge is 2.12. The number of carbonyl (C=O) groups is 1. The van der Waals surface area contributed by atoms with Crippen LogP contribution >= 0.6 is 11.8 Å². The van der Waals surface area contributed by atoms with Crippen LogP contribution in [0, 0.1) is 0 Å². The van der Waals surface area contributed by atoms with Gasteiger partial charge in [0.05, 0.1) is 5.03 Å². The van der Waals surface area contributed by atoms with Crippen LogP contribution in [-0.4, -0.2) is 16.0 Å². The van der Waals surface area contributed by atoms with E-state index >= 15 is 0 Å². The highest BCUT2D eigenvalue weighted by atomic mass is 32.2. The number of hydrogen-bond donors (Lipinski definition) is 0. The fourth-order valence-corrected chi connectivity index (χ4v) is 1.70. The summed E-state index contributed by atoms with van der Waals surface area (Å²) in [6.45, 7) is 6.40. The van der Waals surface area contributed by atoms with Gasteiger partial charge in [-0.05, 0) is 12.1 Å². The van der Waals surface area contributed by atoms with Crippen molar-refractivity contribution in [1.29, 1.82) is 0 Å². The molecule has 1 aromatic heterocycles. The summed E-state index contributed by atoms with van der Waals surface area (Å²) in [5, 5.41) is 0.957. The molecule has 0 saturated carbocycles. The van der Waals surface area contributed by atoms with E-state index in [1.807, 2.05) is 6.07 Å². The van der Waals surface area contributed by atoms with Gasteiger partial charge in [0.15, 0.2) is 6.29 Å². The zero-order valence-corrected chi connectivity index (χ0v) is 8.89. The van der Waals surface area contributed by atoms with Crippen LogP contribution in [0.1, 0.15) is 31.1 Å². The van der Waals surface area contributed by atoms with Crippen molar-refractivity contribution >= 4 is 18.0 Å². The van der Waals surface area contributed by atoms with E-state index in [0.717, 1.165) is 11.3 Å². The zero-order valence-electron chi connectivity index (χ0n) is 8.07. The lowest BCUT2D eigenvalue weighted by atomic mass is 10.3. The van der Waals surface area contributed by atoms with Gasteiger partial charge in [-0.1, -0.05) is 20.8 Å². The molecule has 2 nitrogen and oxygen atoms in total. The number of thioether (sulfide) groups is 1. The van der Waals surface area contributed by atoms with Crippen molar-refractivity contribution in [3.05, 3.63) is 23.9 Å². The molecule has 0 aliphatic rings. The number of pyridine rings is 1. The molecule has 0 fully saturated rings. The van der Waals surface area contributed by atoms with E-state index in [1.165, 1.54) is 0 Å². The van der Waals surface area contributed by atoms with Crippen LogP contribution in [-0.2, 0) is 0 Å². The third kappa shape index (κ3) is 3.59. The van der Waals surface area contributed by atoms with Gasteiger partial charge in [0.1, 0.15) is 0 Å². The Morgan fingerprint density at radius 1 is 1.38 bits per heavy atom. The lowest BCUT2D eigenvalue weighted by Gasteiger charge is -2.16. The Balaban J connectivity index is 2.75. The maximum absolute atomic E-state index is 10.4. The van der Waals surface area contributed by atoms with Gasteiger partial charge in [0.2, 0.25) is 0 Å². The number of hydrogen-bond acceptors (Lipinski definition) is 3. The second kappa shape index (κ2) is 3.92. The van der Waals surface area contributed by atoms with Crippen molar-refractivity contribution in [2.45, 2.75) is 30.5 Å². The van der Waals surface area contributed by atoms with Gasteiger partial charge in [-0.2, -0.15) is 0 Å². The van der Waals surface area contributed by atoms with E-state index < -0.39 is 0 Å². The minimum atomic E-state index is 0.162. The summed E-state index contributed by atoms with van der Waals surface area (Å²) in [5.41, 5.74) is 0.623. The molecule has 70 valence electrons. The summed E-state index contributed by atoms with van der Waals surface area (Å²) < 4.78 is 0.162. The van der Waals surface area contributed by atoms with Crippen LogP contribution < -0.4 is 0 Å². The van der Waals surface area contributed by atoms with E-state index in [4.69, 9.17) is 0 Å². The summed E-state index contributed by atoms with van der Waals surface area (Å²) in [4.78, 5) is 14.5. The summed E-state index contributed by atoms with van der Waals surface area (Å²) in [6, 6.07) is 3.66. The Bertz CT molecular complexity index is 287. The average molecular weight is 195 g/mol. The molecule has 0 aliphatic heterocycles. The molecule has 0 bridgehead atoms. The SMILES string of the molecule is CC(C)(C)Sc1ccc(C=O)cn1. The standard InChI is InChI=1S/C10H13NOS/c1-10(2,3)13-9-5-4-8(7-12)6-11-9/h4-7H,1-3H3. The van der Waals surface area contributed by atoms with E-state index in [2.05, 4.69) is 25.8 Å². The average Bonchev–Trinajstić information content (AvgIpc) is 2.03. The van der Waals surface area contributed by atoms with E-state index in [-0.39, 0.29) is 4.75 Å². The van der Waals surface area contributed by atoms with Gasteiger partial charge in [0, 0.05) is 16.5 Å². The summed E-state index contributed by atoms with van der Waals surface area (Å²) in [6.07, 6.45) is 2.40. The number of carbonyl (C=O) groups excluding carboxylic acids is 1. The molecular weight excluding hydrogens is 182 g/mol. The molecule has 3 heteroatoms. The van der Waals surface area contributed by atoms with E-state index in [9.17, 15) is 4.79 Å². The van der Waals surface area contributed by atoms with Crippen LogP contribution in [0.2, 0.25) is 0 Å². The van der Waals surface area contributed by atoms with Crippen molar-refractivity contribution < 1.29 is 4.79 Å². The number of rotatable bonds is 2. The smallest absolute Gasteiger partial charge is 0.151 e. The molecule has 0 unspecified atom stereocenters. The predicted octanol–water partition coefficient (Wildman–Crippen LogP) is 2.78. The Morgan fingerprint density at radius 3 is 2.46 bits per heavy atom. The van der Waals surface area contributed by atoms with E-state index in [1.54, 1.807) is 24.0 Å². The van der Waals surface area contributed by atoms with Gasteiger partial charge < -0.3 is 0 Å². The van der Waals surface area contributed by atoms with Gasteiger partial charge in [-0.15, -0.1) is 11.8 Å². The molecular formula is C10H13NOS. The van der Waals surface area contributed by atoms with Crippen molar-refractivity contribution in [3.63, 3.8) is 0 Å². The largest absolute Gasteiger partial charge is 0.298 e. The first-order valence-corrected chi connectivity index (χ1v) is 4.93. The Morgan fingerprint density at radius 2 is 2.08 bits per heavy atom. The fraction of sp³-hybridized carbons (Fsp3) is 0.400. The molecule has 0 aliphatic carbocycles. The van der Waals surface area contributed by atoms with Crippen LogP contribution in [0.3, 0.4) is 0 Å². The minimum absolute atomic E-state index is 0.162. The third-order valence-corrected chi connectivity index (χ3v) is 2.37. The highest BCUT2D eigenvalue weighted by Crippen LogP contribution is 2.29. The second-order valence-corrected chi connectivity index (χ2v) is 5.61. The third-order valence-electron chi connectivity index (χ3n) is 1.31. The van der Waals surface area contributed by atoms with Gasteiger partial charge >= 0.3 is 0 Å². The molecule has 0 atom stereocenters. The molecule has 0 aromatic carbocycles. The maximum atomic E-state index is 10.4. The monoisotopic (exact) mass is 195 g/mol. The van der Waals surface area contributed by atoms with Crippen molar-refractivity contribution in [3.8, 4) is 0 Å². The second-order valence-electron chi connectivity index (χ2n) is 3.76. The molecule has 1 rings (SSSR count). The quantitative estimate of drug-likeness (QED) is 0.537. The molecule has 0 saturated heterocycles. The number of aldehydes is 1. The van der Waals surface area contributed by atoms with Gasteiger partial charge in [-0.3, -0.25) is 4.79 Å². The number of nitrogens with zero attached hydrogens (tertiary/aromatic N) is 1. The Hall–Kier alpha value is -0.830. The molecule has 0 N–H and O–H groups in total. The lowest BCUT2D eigenvalue weighted by Crippen LogP contribution is -2.07. The summed E-state index contributed by atoms with van der Waals surface area (Å²) >= 11 is 1.69. The highest BCUT2D eigenvalue weighted by molar-refractivity contribution is 8.00. The maximum Gasteiger partial charge on any atom is 0.151 e. The van der Waals surface area contributed by atoms with Gasteiger partial charge in [0.25, 0.3) is 0 Å². The van der Waals surface area contributed by atoms with E-state index in [0.29, 0.717) is 5.56 Å². The van der Waals surface area contributed by atoms with Crippen molar-refractivity contribution in [1.82, 2.24) is 4.98 Å². The normalized spacial score (nSPS) is 11.3. The van der Waals surface area contributed by atoms with Crippen LogP contribution in [0.5, 0.6) is 0 Å². The van der Waals surface area contributed by atoms with Crippen molar-refractivity contribution in [2.75, 3.05) is 0 Å². The molecule has 0 radical (unpaired) electrons. The predicted molar refractivity (Wildman–Crippen MR) is 55.2 cm³/mol. The van der Waals surface area contributed by atoms with Crippen LogP contribution in [0.15, 0.2) is 23.4 Å². The lowest BCUT2D eigenvalue weighted by molar-refractivity contribution is 0.112. The fourth-order valence-electron chi connectivity index (χ4n) is 0.836. The van der Waals surface area contributed by atoms with Crippen LogP contribution in [0.25, 0.3) is 0 Å². The summed E-state index contributed by atoms with van der Waals surface area (Å²) in [5.74, 6) is 0. The Labute approximate surface area is 82.8 Å². The molecule has 1 aromatic rings. The molecule has 0 amide bonds. The molecule has 13 heavy (non-hydrogen) atoms. The first-order valence-electron chi connectivity index (χ1n) is 4.11. The minimum Gasteiger partial charge on any atom is -0.298 e. The first kappa shape index (κ1) is 10.3. The molecule has 0 spiro atoms. The van der Waals surface area contributed by atoms with Crippen LogP contribution in [0.4, 0.5) is 0 Å². The van der Waals surface area contributed by atoms with Crippen molar-refractivity contribution in [2.24, 2.45) is 0 Å². The van der Waals surface area contributed by atoms with Gasteiger partial charge in [-0.25, -0.2) is 4.98 Å². The number of aromatic nitrogens is 1. The first-order chi connectivity index (χ1) is 6.01. The zero-order chi connectivity index (χ0) is 9.90. The Kier molecular flexibility index (Phi) is 3.09. The molecule has 1 heterocycles.